The summed E-state index contributed by atoms with van der Waals surface area (Å²) >= 11 is 0. The number of hydrogen-bond acceptors (Lipinski definition) is 4. The van der Waals surface area contributed by atoms with Crippen molar-refractivity contribution in [3.8, 4) is 0 Å². The quantitative estimate of drug-likeness (QED) is 0.909. The molecule has 0 aromatic heterocycles. The lowest BCUT2D eigenvalue weighted by atomic mass is 9.94. The van der Waals surface area contributed by atoms with Gasteiger partial charge in [0.05, 0.1) is 12.6 Å². The monoisotopic (exact) mass is 311 g/mol. The van der Waals surface area contributed by atoms with E-state index in [4.69, 9.17) is 4.74 Å². The van der Waals surface area contributed by atoms with E-state index < -0.39 is 12.4 Å². The molecule has 0 aliphatic carbocycles. The van der Waals surface area contributed by atoms with Gasteiger partial charge in [0.1, 0.15) is 6.10 Å². The first-order chi connectivity index (χ1) is 11.2. The van der Waals surface area contributed by atoms with Crippen LogP contribution >= 0.6 is 0 Å². The van der Waals surface area contributed by atoms with E-state index in [-0.39, 0.29) is 25.1 Å². The first-order valence-electron chi connectivity index (χ1n) is 7.65. The molecule has 2 aliphatic rings. The summed E-state index contributed by atoms with van der Waals surface area (Å²) in [5.41, 5.74) is 3.13. The first-order valence-corrected chi connectivity index (χ1v) is 7.65. The lowest BCUT2D eigenvalue weighted by Crippen LogP contribution is -2.34. The zero-order valence-corrected chi connectivity index (χ0v) is 12.4. The van der Waals surface area contributed by atoms with Gasteiger partial charge in [-0.25, -0.2) is 0 Å². The molecule has 2 aliphatic heterocycles. The molecule has 5 nitrogen and oxygen atoms in total. The van der Waals surface area contributed by atoms with Crippen molar-refractivity contribution < 1.29 is 19.7 Å². The molecule has 0 saturated carbocycles. The van der Waals surface area contributed by atoms with Gasteiger partial charge in [0, 0.05) is 17.7 Å². The Hall–Kier alpha value is -2.21. The Bertz CT molecular complexity index is 760. The topological polar surface area (TPSA) is 70.0 Å². The van der Waals surface area contributed by atoms with E-state index >= 15 is 0 Å². The summed E-state index contributed by atoms with van der Waals surface area (Å²) < 4.78 is 5.78. The second-order valence-electron chi connectivity index (χ2n) is 5.79. The number of carbonyl (C=O) groups is 1. The molecule has 0 radical (unpaired) electrons. The van der Waals surface area contributed by atoms with Gasteiger partial charge in [-0.3, -0.25) is 4.79 Å². The molecular formula is C18H17NO4. The summed E-state index contributed by atoms with van der Waals surface area (Å²) in [6, 6.07) is 14.6. The molecule has 0 spiro atoms. The van der Waals surface area contributed by atoms with E-state index in [0.717, 1.165) is 16.7 Å². The molecule has 0 fully saturated rings. The molecule has 118 valence electrons. The van der Waals surface area contributed by atoms with Crippen molar-refractivity contribution in [2.45, 2.75) is 18.4 Å². The van der Waals surface area contributed by atoms with Crippen molar-refractivity contribution in [2.75, 3.05) is 13.2 Å². The average Bonchev–Trinajstić information content (AvgIpc) is 3.05. The molecule has 0 unspecified atom stereocenters. The highest BCUT2D eigenvalue weighted by molar-refractivity contribution is 5.99. The number of aliphatic hydroxyl groups excluding tert-OH is 2. The van der Waals surface area contributed by atoms with E-state index in [1.807, 2.05) is 42.5 Å². The summed E-state index contributed by atoms with van der Waals surface area (Å²) in [6.07, 6.45) is -1.43. The van der Waals surface area contributed by atoms with Gasteiger partial charge in [0.15, 0.2) is 6.29 Å². The number of amides is 1. The van der Waals surface area contributed by atoms with Crippen molar-refractivity contribution in [3.05, 3.63) is 70.8 Å². The van der Waals surface area contributed by atoms with E-state index in [0.29, 0.717) is 5.56 Å². The van der Waals surface area contributed by atoms with Crippen LogP contribution in [0.1, 0.15) is 45.5 Å². The minimum atomic E-state index is -0.991. The molecule has 5 heteroatoms. The Morgan fingerprint density at radius 3 is 2.39 bits per heavy atom. The van der Waals surface area contributed by atoms with Crippen molar-refractivity contribution in [2.24, 2.45) is 0 Å². The van der Waals surface area contributed by atoms with Crippen LogP contribution in [0.2, 0.25) is 0 Å². The fraction of sp³-hybridized carbons (Fsp3) is 0.278. The molecule has 2 heterocycles. The van der Waals surface area contributed by atoms with Gasteiger partial charge in [0.25, 0.3) is 5.91 Å². The molecule has 2 N–H and O–H groups in total. The lowest BCUT2D eigenvalue weighted by molar-refractivity contribution is -0.138. The third-order valence-electron chi connectivity index (χ3n) is 4.58. The Morgan fingerprint density at radius 1 is 1.00 bits per heavy atom. The summed E-state index contributed by atoms with van der Waals surface area (Å²) in [7, 11) is 0. The smallest absolute Gasteiger partial charge is 0.254 e. The number of fused-ring (bicyclic) bond motifs is 2. The summed E-state index contributed by atoms with van der Waals surface area (Å²) in [5.74, 6) is -0.109. The molecule has 0 saturated heterocycles. The SMILES string of the molecule is O=C1c2ccccc2[C@H]([C@@H]2O[C@H](O)c3ccccc32)N1CCO. The number of β-amino-alcohol motifs (C(OH)–C–C–N with tert-alkyl or cyclic N) is 1. The van der Waals surface area contributed by atoms with Crippen molar-refractivity contribution >= 4 is 5.91 Å². The Morgan fingerprint density at radius 2 is 1.65 bits per heavy atom. The van der Waals surface area contributed by atoms with Crippen LogP contribution in [0.4, 0.5) is 0 Å². The Kier molecular flexibility index (Phi) is 3.41. The maximum Gasteiger partial charge on any atom is 0.254 e. The number of nitrogens with zero attached hydrogens (tertiary/aromatic N) is 1. The van der Waals surface area contributed by atoms with Crippen molar-refractivity contribution in [3.63, 3.8) is 0 Å². The third-order valence-corrected chi connectivity index (χ3v) is 4.58. The Labute approximate surface area is 133 Å². The molecule has 4 rings (SSSR count). The maximum absolute atomic E-state index is 12.6. The summed E-state index contributed by atoms with van der Waals surface area (Å²) in [4.78, 5) is 14.3. The number of benzene rings is 2. The van der Waals surface area contributed by atoms with Gasteiger partial charge in [-0.05, 0) is 17.2 Å². The predicted octanol–water partition coefficient (Wildman–Crippen LogP) is 1.94. The molecule has 3 atom stereocenters. The van der Waals surface area contributed by atoms with Gasteiger partial charge < -0.3 is 19.8 Å². The van der Waals surface area contributed by atoms with Crippen LogP contribution in [-0.4, -0.2) is 34.2 Å². The lowest BCUT2D eigenvalue weighted by Gasteiger charge is -2.29. The van der Waals surface area contributed by atoms with Gasteiger partial charge in [-0.2, -0.15) is 0 Å². The highest BCUT2D eigenvalue weighted by Gasteiger charge is 2.45. The van der Waals surface area contributed by atoms with Crippen LogP contribution < -0.4 is 0 Å². The van der Waals surface area contributed by atoms with E-state index in [9.17, 15) is 15.0 Å². The van der Waals surface area contributed by atoms with E-state index in [1.54, 1.807) is 11.0 Å². The summed E-state index contributed by atoms with van der Waals surface area (Å²) in [5, 5.41) is 19.5. The van der Waals surface area contributed by atoms with Gasteiger partial charge in [-0.1, -0.05) is 42.5 Å². The van der Waals surface area contributed by atoms with E-state index in [2.05, 4.69) is 0 Å². The average molecular weight is 311 g/mol. The van der Waals surface area contributed by atoms with Crippen LogP contribution in [0.25, 0.3) is 0 Å². The summed E-state index contributed by atoms with van der Waals surface area (Å²) in [6.45, 7) is 0.115. The molecule has 23 heavy (non-hydrogen) atoms. The van der Waals surface area contributed by atoms with Crippen molar-refractivity contribution in [1.82, 2.24) is 4.90 Å². The van der Waals surface area contributed by atoms with Crippen LogP contribution in [-0.2, 0) is 4.74 Å². The van der Waals surface area contributed by atoms with Crippen LogP contribution in [0.5, 0.6) is 0 Å². The second kappa shape index (κ2) is 5.45. The largest absolute Gasteiger partial charge is 0.395 e. The van der Waals surface area contributed by atoms with Crippen molar-refractivity contribution in [1.29, 1.82) is 0 Å². The number of rotatable bonds is 3. The standard InChI is InChI=1S/C18H17NO4/c20-10-9-19-15(11-5-1-3-7-13(11)17(19)21)16-12-6-2-4-8-14(12)18(22)23-16/h1-8,15-16,18,20,22H,9-10H2/t15-,16-,18+/m1/s1. The highest BCUT2D eigenvalue weighted by atomic mass is 16.6. The Balaban J connectivity index is 1.82. The zero-order chi connectivity index (χ0) is 16.0. The molecule has 2 aromatic rings. The minimum Gasteiger partial charge on any atom is -0.395 e. The maximum atomic E-state index is 12.6. The fourth-order valence-corrected chi connectivity index (χ4v) is 3.60. The fourth-order valence-electron chi connectivity index (χ4n) is 3.60. The number of carbonyl (C=O) groups excluding carboxylic acids is 1. The first kappa shape index (κ1) is 14.4. The normalized spacial score (nSPS) is 25.6. The number of aliphatic hydroxyl groups is 2. The van der Waals surface area contributed by atoms with Gasteiger partial charge in [-0.15, -0.1) is 0 Å². The molecular weight excluding hydrogens is 294 g/mol. The van der Waals surface area contributed by atoms with Crippen LogP contribution in [0.3, 0.4) is 0 Å². The van der Waals surface area contributed by atoms with Crippen LogP contribution in [0.15, 0.2) is 48.5 Å². The number of hydrogen-bond donors (Lipinski definition) is 2. The minimum absolute atomic E-state index is 0.109. The van der Waals surface area contributed by atoms with Gasteiger partial charge in [0.2, 0.25) is 0 Å². The molecule has 1 amide bonds. The molecule has 0 bridgehead atoms. The third kappa shape index (κ3) is 2.09. The zero-order valence-electron chi connectivity index (χ0n) is 12.4. The number of ether oxygens (including phenoxy) is 1. The predicted molar refractivity (Wildman–Crippen MR) is 82.5 cm³/mol. The highest BCUT2D eigenvalue weighted by Crippen LogP contribution is 2.49. The van der Waals surface area contributed by atoms with Crippen LogP contribution in [0, 0.1) is 0 Å². The van der Waals surface area contributed by atoms with E-state index in [1.165, 1.54) is 0 Å². The molecule has 2 aromatic carbocycles. The second-order valence-corrected chi connectivity index (χ2v) is 5.79. The van der Waals surface area contributed by atoms with Gasteiger partial charge >= 0.3 is 0 Å².